The first-order valence-corrected chi connectivity index (χ1v) is 7.70. The molecule has 3 amide bonds. The van der Waals surface area contributed by atoms with Gasteiger partial charge in [0.05, 0.1) is 6.61 Å². The Balaban J connectivity index is 1.98. The normalized spacial score (nSPS) is 11.8. The number of anilines is 1. The van der Waals surface area contributed by atoms with Gasteiger partial charge in [-0.05, 0) is 31.5 Å². The quantitative estimate of drug-likeness (QED) is 0.696. The number of carbonyl (C=O) groups is 2. The first kappa shape index (κ1) is 18.4. The molecular weight excluding hydrogens is 326 g/mol. The Morgan fingerprint density at radius 2 is 2.16 bits per heavy atom. The molecule has 0 radical (unpaired) electrons. The van der Waals surface area contributed by atoms with Crippen molar-refractivity contribution in [2.75, 3.05) is 19.0 Å². The van der Waals surface area contributed by atoms with Gasteiger partial charge >= 0.3 is 6.03 Å². The van der Waals surface area contributed by atoms with Crippen LogP contribution in [-0.4, -0.2) is 35.8 Å². The molecule has 4 N–H and O–H groups in total. The summed E-state index contributed by atoms with van der Waals surface area (Å²) in [6, 6.07) is 3.89. The predicted molar refractivity (Wildman–Crippen MR) is 90.1 cm³/mol. The second-order valence-corrected chi connectivity index (χ2v) is 5.51. The molecule has 9 heteroatoms. The maximum Gasteiger partial charge on any atom is 0.319 e. The van der Waals surface area contributed by atoms with E-state index >= 15 is 0 Å². The lowest BCUT2D eigenvalue weighted by molar-refractivity contribution is 0.1000. The van der Waals surface area contributed by atoms with Crippen molar-refractivity contribution in [2.24, 2.45) is 5.73 Å². The molecule has 0 fully saturated rings. The molecule has 0 bridgehead atoms. The highest BCUT2D eigenvalue weighted by molar-refractivity contribution is 5.96. The van der Waals surface area contributed by atoms with Crippen LogP contribution < -0.4 is 16.4 Å². The summed E-state index contributed by atoms with van der Waals surface area (Å²) in [5.41, 5.74) is 6.86. The molecule has 0 aliphatic rings. The van der Waals surface area contributed by atoms with Gasteiger partial charge in [-0.1, -0.05) is 11.2 Å². The van der Waals surface area contributed by atoms with Gasteiger partial charge in [0.1, 0.15) is 6.04 Å². The Labute approximate surface area is 144 Å². The molecule has 9 nitrogen and oxygen atoms in total. The lowest BCUT2D eigenvalue weighted by atomic mass is 10.1. The molecule has 134 valence electrons. The van der Waals surface area contributed by atoms with Gasteiger partial charge in [0.2, 0.25) is 11.8 Å². The van der Waals surface area contributed by atoms with Crippen molar-refractivity contribution in [3.8, 4) is 0 Å². The summed E-state index contributed by atoms with van der Waals surface area (Å²) in [5, 5.41) is 9.20. The van der Waals surface area contributed by atoms with Crippen LogP contribution in [0, 0.1) is 6.92 Å². The fourth-order valence-corrected chi connectivity index (χ4v) is 2.06. The summed E-state index contributed by atoms with van der Waals surface area (Å²) < 4.78 is 10.1. The third-order valence-corrected chi connectivity index (χ3v) is 3.50. The zero-order chi connectivity index (χ0) is 18.4. The van der Waals surface area contributed by atoms with Crippen LogP contribution in [0.15, 0.2) is 22.7 Å². The number of amides is 3. The Hall–Kier alpha value is -2.94. The van der Waals surface area contributed by atoms with E-state index in [2.05, 4.69) is 20.8 Å². The van der Waals surface area contributed by atoms with Crippen LogP contribution in [0.5, 0.6) is 0 Å². The van der Waals surface area contributed by atoms with Gasteiger partial charge in [-0.3, -0.25) is 4.79 Å². The van der Waals surface area contributed by atoms with E-state index < -0.39 is 18.0 Å². The third kappa shape index (κ3) is 5.01. The van der Waals surface area contributed by atoms with Crippen molar-refractivity contribution in [1.29, 1.82) is 0 Å². The van der Waals surface area contributed by atoms with E-state index in [1.165, 1.54) is 6.07 Å². The van der Waals surface area contributed by atoms with Crippen LogP contribution in [0.4, 0.5) is 10.5 Å². The summed E-state index contributed by atoms with van der Waals surface area (Å²) >= 11 is 0. The zero-order valence-corrected chi connectivity index (χ0v) is 14.3. The van der Waals surface area contributed by atoms with Gasteiger partial charge in [0, 0.05) is 24.8 Å². The Morgan fingerprint density at radius 3 is 2.84 bits per heavy atom. The molecule has 2 aromatic rings. The molecule has 0 aliphatic heterocycles. The van der Waals surface area contributed by atoms with E-state index in [9.17, 15) is 9.59 Å². The van der Waals surface area contributed by atoms with Crippen LogP contribution >= 0.6 is 0 Å². The average Bonchev–Trinajstić information content (AvgIpc) is 3.03. The number of ether oxygens (including phenoxy) is 1. The largest absolute Gasteiger partial charge is 0.384 e. The molecule has 0 saturated carbocycles. The summed E-state index contributed by atoms with van der Waals surface area (Å²) in [5.74, 6) is 0.242. The topological polar surface area (TPSA) is 132 Å². The second kappa shape index (κ2) is 8.25. The van der Waals surface area contributed by atoms with Gasteiger partial charge in [0.25, 0.3) is 0 Å². The molecule has 1 atom stereocenters. The van der Waals surface area contributed by atoms with Gasteiger partial charge in [-0.25, -0.2) is 4.79 Å². The van der Waals surface area contributed by atoms with Gasteiger partial charge in [-0.2, -0.15) is 4.98 Å². The monoisotopic (exact) mass is 347 g/mol. The maximum atomic E-state index is 12.2. The van der Waals surface area contributed by atoms with Crippen molar-refractivity contribution in [3.05, 3.63) is 41.0 Å². The molecule has 2 rings (SSSR count). The van der Waals surface area contributed by atoms with Gasteiger partial charge in [-0.15, -0.1) is 0 Å². The number of benzene rings is 1. The van der Waals surface area contributed by atoms with Crippen LogP contribution in [0.25, 0.3) is 0 Å². The average molecular weight is 347 g/mol. The van der Waals surface area contributed by atoms with Gasteiger partial charge in [0.15, 0.2) is 5.82 Å². The SMILES string of the molecule is COCCc1noc([C@@H](C)NC(=O)Nc2cc(C(N)=O)ccc2C)n1. The molecule has 0 aliphatic carbocycles. The molecule has 1 aromatic heterocycles. The highest BCUT2D eigenvalue weighted by Crippen LogP contribution is 2.17. The number of hydrogen-bond donors (Lipinski definition) is 3. The number of methoxy groups -OCH3 is 1. The first-order chi connectivity index (χ1) is 11.9. The highest BCUT2D eigenvalue weighted by atomic mass is 16.5. The summed E-state index contributed by atoms with van der Waals surface area (Å²) in [6.07, 6.45) is 0.526. The van der Waals surface area contributed by atoms with Crippen molar-refractivity contribution in [3.63, 3.8) is 0 Å². The standard InChI is InChI=1S/C16H21N5O4/c1-9-4-5-11(14(17)22)8-12(9)19-16(23)18-10(2)15-20-13(21-25-15)6-7-24-3/h4-5,8,10H,6-7H2,1-3H3,(H2,17,22)(H2,18,19,23)/t10-/m1/s1. The van der Waals surface area contributed by atoms with Crippen molar-refractivity contribution in [2.45, 2.75) is 26.3 Å². The first-order valence-electron chi connectivity index (χ1n) is 7.70. The fraction of sp³-hybridized carbons (Fsp3) is 0.375. The minimum absolute atomic E-state index is 0.295. The second-order valence-electron chi connectivity index (χ2n) is 5.51. The van der Waals surface area contributed by atoms with Crippen LogP contribution in [-0.2, 0) is 11.2 Å². The van der Waals surface area contributed by atoms with Gasteiger partial charge < -0.3 is 25.6 Å². The lowest BCUT2D eigenvalue weighted by Crippen LogP contribution is -2.31. The van der Waals surface area contributed by atoms with E-state index in [4.69, 9.17) is 15.0 Å². The van der Waals surface area contributed by atoms with Crippen LogP contribution in [0.1, 0.15) is 40.6 Å². The summed E-state index contributed by atoms with van der Waals surface area (Å²) in [4.78, 5) is 27.6. The minimum atomic E-state index is -0.564. The highest BCUT2D eigenvalue weighted by Gasteiger charge is 2.17. The third-order valence-electron chi connectivity index (χ3n) is 3.50. The van der Waals surface area contributed by atoms with E-state index in [1.807, 2.05) is 6.92 Å². The summed E-state index contributed by atoms with van der Waals surface area (Å²) in [7, 11) is 1.59. The van der Waals surface area contributed by atoms with E-state index in [0.29, 0.717) is 36.0 Å². The Bertz CT molecular complexity index is 759. The zero-order valence-electron chi connectivity index (χ0n) is 14.3. The molecule has 0 saturated heterocycles. The van der Waals surface area contributed by atoms with Crippen molar-refractivity contribution in [1.82, 2.24) is 15.5 Å². The smallest absolute Gasteiger partial charge is 0.319 e. The van der Waals surface area contributed by atoms with E-state index in [-0.39, 0.29) is 0 Å². The summed E-state index contributed by atoms with van der Waals surface area (Å²) in [6.45, 7) is 4.01. The Kier molecular flexibility index (Phi) is 6.07. The van der Waals surface area contributed by atoms with Crippen molar-refractivity contribution >= 4 is 17.6 Å². The Morgan fingerprint density at radius 1 is 1.40 bits per heavy atom. The number of nitrogens with zero attached hydrogens (tertiary/aromatic N) is 2. The molecule has 1 aromatic carbocycles. The maximum absolute atomic E-state index is 12.2. The number of aromatic nitrogens is 2. The molecule has 1 heterocycles. The minimum Gasteiger partial charge on any atom is -0.384 e. The molecule has 25 heavy (non-hydrogen) atoms. The predicted octanol–water partition coefficient (Wildman–Crippen LogP) is 1.55. The number of carbonyl (C=O) groups excluding carboxylic acids is 2. The number of hydrogen-bond acceptors (Lipinski definition) is 6. The number of rotatable bonds is 7. The number of nitrogens with two attached hydrogens (primary N) is 1. The van der Waals surface area contributed by atoms with Crippen LogP contribution in [0.3, 0.4) is 0 Å². The number of urea groups is 1. The number of nitrogens with one attached hydrogen (secondary N) is 2. The number of aryl methyl sites for hydroxylation is 1. The van der Waals surface area contributed by atoms with Crippen molar-refractivity contribution < 1.29 is 18.8 Å². The molecule has 0 spiro atoms. The van der Waals surface area contributed by atoms with E-state index in [1.54, 1.807) is 26.2 Å². The molecule has 0 unspecified atom stereocenters. The van der Waals surface area contributed by atoms with E-state index in [0.717, 1.165) is 5.56 Å². The van der Waals surface area contributed by atoms with Crippen LogP contribution in [0.2, 0.25) is 0 Å². The lowest BCUT2D eigenvalue weighted by Gasteiger charge is -2.13. The fourth-order valence-electron chi connectivity index (χ4n) is 2.06. The number of primary amides is 1. The molecular formula is C16H21N5O4.